The summed E-state index contributed by atoms with van der Waals surface area (Å²) in [6.07, 6.45) is 1.46. The van der Waals surface area contributed by atoms with Gasteiger partial charge in [-0.15, -0.1) is 0 Å². The molecule has 0 spiro atoms. The summed E-state index contributed by atoms with van der Waals surface area (Å²) in [5.41, 5.74) is -0.419. The van der Waals surface area contributed by atoms with Gasteiger partial charge in [-0.3, -0.25) is 0 Å². The molecule has 0 aliphatic rings. The minimum atomic E-state index is -0.419. The minimum absolute atomic E-state index is 0.378. The van der Waals surface area contributed by atoms with Crippen molar-refractivity contribution in [3.05, 3.63) is 10.2 Å². The van der Waals surface area contributed by atoms with E-state index >= 15 is 0 Å². The molecule has 0 unspecified atom stereocenters. The molecule has 1 N–H and O–H groups in total. The lowest BCUT2D eigenvalue weighted by molar-refractivity contribution is 0.0534. The van der Waals surface area contributed by atoms with E-state index in [4.69, 9.17) is 4.74 Å². The summed E-state index contributed by atoms with van der Waals surface area (Å²) in [7, 11) is 0. The summed E-state index contributed by atoms with van der Waals surface area (Å²) in [6, 6.07) is 0. The molecule has 0 radical (unpaired) electrons. The van der Waals surface area contributed by atoms with Crippen LogP contribution < -0.4 is 5.32 Å². The predicted octanol–water partition coefficient (Wildman–Crippen LogP) is 2.46. The second kappa shape index (κ2) is 5.40. The molecule has 0 aromatic carbocycles. The molecule has 12 heavy (non-hydrogen) atoms. The Bertz CT molecular complexity index is 172. The SMILES string of the molecule is CC(C)(C)OC(=O)NCC=CI. The van der Waals surface area contributed by atoms with Gasteiger partial charge in [0, 0.05) is 6.54 Å². The molecule has 0 bridgehead atoms. The van der Waals surface area contributed by atoms with E-state index in [1.807, 2.05) is 30.9 Å². The first-order valence-electron chi connectivity index (χ1n) is 3.68. The molecule has 70 valence electrons. The molecule has 0 atom stereocenters. The lowest BCUT2D eigenvalue weighted by atomic mass is 10.2. The fourth-order valence-corrected chi connectivity index (χ4v) is 0.755. The zero-order valence-corrected chi connectivity index (χ0v) is 9.71. The Morgan fingerprint density at radius 2 is 2.17 bits per heavy atom. The summed E-state index contributed by atoms with van der Waals surface area (Å²) in [4.78, 5) is 11.0. The summed E-state index contributed by atoms with van der Waals surface area (Å²) in [5, 5.41) is 2.59. The molecule has 0 aliphatic carbocycles. The van der Waals surface area contributed by atoms with Gasteiger partial charge in [-0.25, -0.2) is 4.79 Å². The molecule has 0 aromatic heterocycles. The van der Waals surface area contributed by atoms with E-state index in [2.05, 4.69) is 27.9 Å². The van der Waals surface area contributed by atoms with E-state index in [9.17, 15) is 4.79 Å². The van der Waals surface area contributed by atoms with E-state index in [1.54, 1.807) is 0 Å². The third-order valence-electron chi connectivity index (χ3n) is 0.852. The van der Waals surface area contributed by atoms with Crippen LogP contribution in [-0.2, 0) is 4.74 Å². The number of ether oxygens (including phenoxy) is 1. The van der Waals surface area contributed by atoms with Gasteiger partial charge in [-0.05, 0) is 24.9 Å². The van der Waals surface area contributed by atoms with Crippen LogP contribution in [-0.4, -0.2) is 18.2 Å². The fraction of sp³-hybridized carbons (Fsp3) is 0.625. The second-order valence-corrected chi connectivity index (χ2v) is 3.96. The Morgan fingerprint density at radius 3 is 2.58 bits per heavy atom. The maximum absolute atomic E-state index is 11.0. The molecule has 0 saturated heterocycles. The van der Waals surface area contributed by atoms with Gasteiger partial charge in [0.25, 0.3) is 0 Å². The van der Waals surface area contributed by atoms with E-state index in [1.165, 1.54) is 0 Å². The number of carbonyl (C=O) groups excluding carboxylic acids is 1. The van der Waals surface area contributed by atoms with Crippen molar-refractivity contribution in [1.82, 2.24) is 5.32 Å². The van der Waals surface area contributed by atoms with Gasteiger partial charge < -0.3 is 10.1 Å². The molecule has 0 rings (SSSR count). The highest BCUT2D eigenvalue weighted by Crippen LogP contribution is 2.05. The predicted molar refractivity (Wildman–Crippen MR) is 57.4 cm³/mol. The van der Waals surface area contributed by atoms with Crippen molar-refractivity contribution in [2.24, 2.45) is 0 Å². The Morgan fingerprint density at radius 1 is 1.58 bits per heavy atom. The van der Waals surface area contributed by atoms with Crippen molar-refractivity contribution >= 4 is 28.7 Å². The zero-order chi connectivity index (χ0) is 9.61. The first-order chi connectivity index (χ1) is 5.45. The number of halogens is 1. The Balaban J connectivity index is 3.61. The lowest BCUT2D eigenvalue weighted by Crippen LogP contribution is -2.32. The van der Waals surface area contributed by atoms with Crippen LogP contribution in [0, 0.1) is 0 Å². The Kier molecular flexibility index (Phi) is 5.28. The van der Waals surface area contributed by atoms with Crippen LogP contribution in [0.25, 0.3) is 0 Å². The molecule has 4 heteroatoms. The quantitative estimate of drug-likeness (QED) is 0.791. The number of nitrogens with one attached hydrogen (secondary N) is 1. The molecular weight excluding hydrogens is 269 g/mol. The molecule has 3 nitrogen and oxygen atoms in total. The van der Waals surface area contributed by atoms with Crippen molar-refractivity contribution in [1.29, 1.82) is 0 Å². The minimum Gasteiger partial charge on any atom is -0.444 e. The van der Waals surface area contributed by atoms with Gasteiger partial charge in [0.2, 0.25) is 0 Å². The highest BCUT2D eigenvalue weighted by Gasteiger charge is 2.14. The largest absolute Gasteiger partial charge is 0.444 e. The van der Waals surface area contributed by atoms with E-state index in [0.717, 1.165) is 0 Å². The summed E-state index contributed by atoms with van der Waals surface area (Å²) < 4.78 is 6.84. The van der Waals surface area contributed by atoms with Crippen molar-refractivity contribution in [3.8, 4) is 0 Å². The van der Waals surface area contributed by atoms with Gasteiger partial charge in [-0.2, -0.15) is 0 Å². The van der Waals surface area contributed by atoms with Crippen LogP contribution >= 0.6 is 22.6 Å². The van der Waals surface area contributed by atoms with Crippen LogP contribution in [0.2, 0.25) is 0 Å². The Hall–Kier alpha value is -0.260. The molecular formula is C8H14INO2. The number of amides is 1. The van der Waals surface area contributed by atoms with Gasteiger partial charge in [0.05, 0.1) is 0 Å². The van der Waals surface area contributed by atoms with Crippen LogP contribution in [0.1, 0.15) is 20.8 Å². The lowest BCUT2D eigenvalue weighted by Gasteiger charge is -2.19. The maximum Gasteiger partial charge on any atom is 0.407 e. The third kappa shape index (κ3) is 7.84. The van der Waals surface area contributed by atoms with Gasteiger partial charge in [0.1, 0.15) is 5.60 Å². The molecule has 0 fully saturated rings. The Labute approximate surface area is 86.7 Å². The summed E-state index contributed by atoms with van der Waals surface area (Å²) in [5.74, 6) is 0. The third-order valence-corrected chi connectivity index (χ3v) is 1.36. The van der Waals surface area contributed by atoms with E-state index < -0.39 is 5.60 Å². The second-order valence-electron chi connectivity index (χ2n) is 3.24. The molecule has 0 aliphatic heterocycles. The molecule has 0 aromatic rings. The van der Waals surface area contributed by atoms with Crippen molar-refractivity contribution in [2.45, 2.75) is 26.4 Å². The van der Waals surface area contributed by atoms with Crippen LogP contribution in [0.5, 0.6) is 0 Å². The van der Waals surface area contributed by atoms with Gasteiger partial charge >= 0.3 is 6.09 Å². The smallest absolute Gasteiger partial charge is 0.407 e. The highest BCUT2D eigenvalue weighted by atomic mass is 127. The van der Waals surface area contributed by atoms with Gasteiger partial charge in [-0.1, -0.05) is 28.7 Å². The van der Waals surface area contributed by atoms with Crippen molar-refractivity contribution in [3.63, 3.8) is 0 Å². The van der Waals surface area contributed by atoms with E-state index in [0.29, 0.717) is 6.54 Å². The first-order valence-corrected chi connectivity index (χ1v) is 4.92. The first kappa shape index (κ1) is 11.7. The zero-order valence-electron chi connectivity index (χ0n) is 7.56. The molecule has 0 saturated carbocycles. The van der Waals surface area contributed by atoms with Crippen molar-refractivity contribution < 1.29 is 9.53 Å². The average Bonchev–Trinajstić information content (AvgIpc) is 1.84. The number of hydrogen-bond acceptors (Lipinski definition) is 2. The number of hydrogen-bond donors (Lipinski definition) is 1. The molecule has 0 heterocycles. The normalized spacial score (nSPS) is 11.7. The fourth-order valence-electron chi connectivity index (χ4n) is 0.501. The molecule has 1 amide bonds. The van der Waals surface area contributed by atoms with Crippen LogP contribution in [0.4, 0.5) is 4.79 Å². The van der Waals surface area contributed by atoms with Crippen molar-refractivity contribution in [2.75, 3.05) is 6.54 Å². The average molecular weight is 283 g/mol. The maximum atomic E-state index is 11.0. The van der Waals surface area contributed by atoms with Gasteiger partial charge in [0.15, 0.2) is 0 Å². The number of rotatable bonds is 2. The number of carbonyl (C=O) groups is 1. The monoisotopic (exact) mass is 283 g/mol. The van der Waals surface area contributed by atoms with E-state index in [-0.39, 0.29) is 6.09 Å². The van der Waals surface area contributed by atoms with Crippen LogP contribution in [0.3, 0.4) is 0 Å². The highest BCUT2D eigenvalue weighted by molar-refractivity contribution is 14.1. The summed E-state index contributed by atoms with van der Waals surface area (Å²) >= 11 is 2.09. The number of alkyl carbamates (subject to hydrolysis) is 1. The topological polar surface area (TPSA) is 38.3 Å². The summed E-state index contributed by atoms with van der Waals surface area (Å²) in [6.45, 7) is 6.01. The van der Waals surface area contributed by atoms with Crippen LogP contribution in [0.15, 0.2) is 10.2 Å². The standard InChI is InChI=1S/C8H14INO2/c1-8(2,3)12-7(11)10-6-4-5-9/h4-5H,6H2,1-3H3,(H,10,11).